The number of aromatic amines is 1. The molecule has 3 aromatic rings. The highest BCUT2D eigenvalue weighted by molar-refractivity contribution is 6.06. The standard InChI is InChI=1S/C24H26N2O/c27-24(21-16-25-22-12-6-4-10-19(21)22)26-15-14-18(17-8-2-1-3-9-17)20-11-5-7-13-23(20)26/h1-4,6,8-10,12,16,18,20,23,25H,5,7,11,13-15H2/t18-,20-,23+/m0/s1. The van der Waals surface area contributed by atoms with Gasteiger partial charge in [0.1, 0.15) is 0 Å². The number of carbonyl (C=O) groups is 1. The lowest BCUT2D eigenvalue weighted by molar-refractivity contribution is 0.0321. The zero-order valence-corrected chi connectivity index (χ0v) is 15.6. The largest absolute Gasteiger partial charge is 0.360 e. The van der Waals surface area contributed by atoms with Crippen LogP contribution in [0.4, 0.5) is 0 Å². The number of aromatic nitrogens is 1. The Balaban J connectivity index is 1.46. The van der Waals surface area contributed by atoms with Crippen molar-refractivity contribution in [1.29, 1.82) is 0 Å². The summed E-state index contributed by atoms with van der Waals surface area (Å²) in [7, 11) is 0. The Bertz CT molecular complexity index is 945. The summed E-state index contributed by atoms with van der Waals surface area (Å²) in [6, 6.07) is 19.4. The zero-order valence-electron chi connectivity index (χ0n) is 15.6. The molecule has 1 amide bonds. The van der Waals surface area contributed by atoms with Crippen LogP contribution in [0.1, 0.15) is 53.9 Å². The fraction of sp³-hybridized carbons (Fsp3) is 0.375. The van der Waals surface area contributed by atoms with Gasteiger partial charge in [0.2, 0.25) is 0 Å². The third-order valence-electron chi connectivity index (χ3n) is 6.69. The third kappa shape index (κ3) is 2.86. The fourth-order valence-electron chi connectivity index (χ4n) is 5.42. The normalized spacial score (nSPS) is 25.3. The Morgan fingerprint density at radius 1 is 0.926 bits per heavy atom. The summed E-state index contributed by atoms with van der Waals surface area (Å²) in [5, 5.41) is 1.04. The summed E-state index contributed by atoms with van der Waals surface area (Å²) < 4.78 is 0. The average Bonchev–Trinajstić information content (AvgIpc) is 3.17. The molecule has 3 heteroatoms. The Kier molecular flexibility index (Phi) is 4.23. The molecular weight excluding hydrogens is 332 g/mol. The van der Waals surface area contributed by atoms with Crippen molar-refractivity contribution in [3.63, 3.8) is 0 Å². The van der Waals surface area contributed by atoms with Gasteiger partial charge in [-0.3, -0.25) is 4.79 Å². The highest BCUT2D eigenvalue weighted by Gasteiger charge is 2.42. The van der Waals surface area contributed by atoms with Crippen LogP contribution in [-0.2, 0) is 0 Å². The molecule has 2 aromatic carbocycles. The molecule has 0 spiro atoms. The molecule has 138 valence electrons. The van der Waals surface area contributed by atoms with Crippen LogP contribution in [0.5, 0.6) is 0 Å². The molecular formula is C24H26N2O. The Morgan fingerprint density at radius 2 is 1.70 bits per heavy atom. The summed E-state index contributed by atoms with van der Waals surface area (Å²) in [5.74, 6) is 1.38. The first kappa shape index (κ1) is 16.6. The topological polar surface area (TPSA) is 36.1 Å². The van der Waals surface area contributed by atoms with Crippen molar-refractivity contribution in [2.45, 2.75) is 44.1 Å². The van der Waals surface area contributed by atoms with E-state index in [-0.39, 0.29) is 5.91 Å². The fourth-order valence-corrected chi connectivity index (χ4v) is 5.42. The van der Waals surface area contributed by atoms with E-state index in [1.807, 2.05) is 30.5 Å². The number of carbonyl (C=O) groups excluding carboxylic acids is 1. The van der Waals surface area contributed by atoms with E-state index in [0.29, 0.717) is 17.9 Å². The van der Waals surface area contributed by atoms with Crippen molar-refractivity contribution in [2.24, 2.45) is 5.92 Å². The third-order valence-corrected chi connectivity index (χ3v) is 6.69. The minimum atomic E-state index is 0.205. The number of amides is 1. The van der Waals surface area contributed by atoms with Gasteiger partial charge in [-0.15, -0.1) is 0 Å². The first-order valence-electron chi connectivity index (χ1n) is 10.2. The Morgan fingerprint density at radius 3 is 2.59 bits per heavy atom. The number of H-pyrrole nitrogens is 1. The molecule has 2 heterocycles. The van der Waals surface area contributed by atoms with E-state index in [0.717, 1.165) is 35.9 Å². The lowest BCUT2D eigenvalue weighted by Gasteiger charge is -2.48. The van der Waals surface area contributed by atoms with Crippen LogP contribution in [0.3, 0.4) is 0 Å². The van der Waals surface area contributed by atoms with Crippen LogP contribution in [0.2, 0.25) is 0 Å². The van der Waals surface area contributed by atoms with Gasteiger partial charge < -0.3 is 9.88 Å². The molecule has 1 N–H and O–H groups in total. The number of fused-ring (bicyclic) bond motifs is 2. The molecule has 1 saturated heterocycles. The average molecular weight is 358 g/mol. The number of rotatable bonds is 2. The molecule has 1 aliphatic carbocycles. The van der Waals surface area contributed by atoms with Crippen molar-refractivity contribution in [3.05, 3.63) is 71.9 Å². The van der Waals surface area contributed by atoms with Gasteiger partial charge in [0, 0.05) is 29.7 Å². The molecule has 0 radical (unpaired) electrons. The van der Waals surface area contributed by atoms with Crippen molar-refractivity contribution < 1.29 is 4.79 Å². The number of benzene rings is 2. The molecule has 27 heavy (non-hydrogen) atoms. The summed E-state index contributed by atoms with van der Waals surface area (Å²) in [6.07, 6.45) is 7.87. The van der Waals surface area contributed by atoms with Gasteiger partial charge in [-0.05, 0) is 42.7 Å². The summed E-state index contributed by atoms with van der Waals surface area (Å²) in [5.41, 5.74) is 3.32. The van der Waals surface area contributed by atoms with Gasteiger partial charge in [0.15, 0.2) is 0 Å². The lowest BCUT2D eigenvalue weighted by atomic mass is 9.69. The van der Waals surface area contributed by atoms with Crippen LogP contribution in [-0.4, -0.2) is 28.4 Å². The lowest BCUT2D eigenvalue weighted by Crippen LogP contribution is -2.52. The Labute approximate surface area is 160 Å². The molecule has 3 nitrogen and oxygen atoms in total. The van der Waals surface area contributed by atoms with E-state index >= 15 is 0 Å². The van der Waals surface area contributed by atoms with E-state index in [4.69, 9.17) is 0 Å². The number of para-hydroxylation sites is 1. The molecule has 0 bridgehead atoms. The summed E-state index contributed by atoms with van der Waals surface area (Å²) in [6.45, 7) is 0.860. The highest BCUT2D eigenvalue weighted by Crippen LogP contribution is 2.44. The van der Waals surface area contributed by atoms with Gasteiger partial charge in [0.05, 0.1) is 5.56 Å². The molecule has 2 aliphatic rings. The molecule has 1 aromatic heterocycles. The second-order valence-electron chi connectivity index (χ2n) is 8.07. The second kappa shape index (κ2) is 6.88. The summed E-state index contributed by atoms with van der Waals surface area (Å²) >= 11 is 0. The number of nitrogens with one attached hydrogen (secondary N) is 1. The molecule has 0 unspecified atom stereocenters. The van der Waals surface area contributed by atoms with Crippen molar-refractivity contribution in [2.75, 3.05) is 6.54 Å². The summed E-state index contributed by atoms with van der Waals surface area (Å²) in [4.78, 5) is 18.9. The predicted octanol–water partition coefficient (Wildman–Crippen LogP) is 5.36. The van der Waals surface area contributed by atoms with E-state index in [2.05, 4.69) is 40.2 Å². The number of nitrogens with zero attached hydrogens (tertiary/aromatic N) is 1. The maximum atomic E-state index is 13.5. The van der Waals surface area contributed by atoms with Gasteiger partial charge >= 0.3 is 0 Å². The number of hydrogen-bond donors (Lipinski definition) is 1. The molecule has 2 fully saturated rings. The van der Waals surface area contributed by atoms with Crippen LogP contribution < -0.4 is 0 Å². The smallest absolute Gasteiger partial charge is 0.256 e. The van der Waals surface area contributed by atoms with Gasteiger partial charge in [-0.2, -0.15) is 0 Å². The van der Waals surface area contributed by atoms with Crippen LogP contribution >= 0.6 is 0 Å². The molecule has 3 atom stereocenters. The molecule has 1 saturated carbocycles. The van der Waals surface area contributed by atoms with Crippen LogP contribution in [0.25, 0.3) is 10.9 Å². The van der Waals surface area contributed by atoms with Crippen LogP contribution in [0.15, 0.2) is 60.8 Å². The van der Waals surface area contributed by atoms with Crippen molar-refractivity contribution in [1.82, 2.24) is 9.88 Å². The molecule has 5 rings (SSSR count). The Hall–Kier alpha value is -2.55. The van der Waals surface area contributed by atoms with E-state index in [1.165, 1.54) is 24.8 Å². The van der Waals surface area contributed by atoms with Gasteiger partial charge in [0.25, 0.3) is 5.91 Å². The second-order valence-corrected chi connectivity index (χ2v) is 8.07. The minimum absolute atomic E-state index is 0.205. The number of piperidine rings is 1. The van der Waals surface area contributed by atoms with Crippen LogP contribution in [0, 0.1) is 5.92 Å². The SMILES string of the molecule is O=C(c1c[nH]c2ccccc12)N1CC[C@@H](c2ccccc2)[C@@H]2CCCC[C@H]21. The van der Waals surface area contributed by atoms with E-state index in [9.17, 15) is 4.79 Å². The predicted molar refractivity (Wildman–Crippen MR) is 109 cm³/mol. The van der Waals surface area contributed by atoms with Gasteiger partial charge in [-0.25, -0.2) is 0 Å². The zero-order chi connectivity index (χ0) is 18.2. The first-order chi connectivity index (χ1) is 13.3. The highest BCUT2D eigenvalue weighted by atomic mass is 16.2. The maximum Gasteiger partial charge on any atom is 0.256 e. The number of hydrogen-bond acceptors (Lipinski definition) is 1. The van der Waals surface area contributed by atoms with Gasteiger partial charge in [-0.1, -0.05) is 61.4 Å². The minimum Gasteiger partial charge on any atom is -0.360 e. The monoisotopic (exact) mass is 358 g/mol. The number of likely N-dealkylation sites (tertiary alicyclic amines) is 1. The quantitative estimate of drug-likeness (QED) is 0.658. The van der Waals surface area contributed by atoms with Crippen molar-refractivity contribution in [3.8, 4) is 0 Å². The first-order valence-corrected chi connectivity index (χ1v) is 10.2. The van der Waals surface area contributed by atoms with Crippen molar-refractivity contribution >= 4 is 16.8 Å². The van der Waals surface area contributed by atoms with E-state index < -0.39 is 0 Å². The molecule has 1 aliphatic heterocycles. The maximum absolute atomic E-state index is 13.5. The van der Waals surface area contributed by atoms with E-state index in [1.54, 1.807) is 0 Å².